The Morgan fingerprint density at radius 3 is 2.59 bits per heavy atom. The van der Waals surface area contributed by atoms with Gasteiger partial charge in [-0.1, -0.05) is 48.1 Å². The molecule has 1 aromatic carbocycles. The standard InChI is InChI=1S/C18H20N2O2/c1-3-11-20-17(22)19(13-15-7-5-4-6-8-15)16(21)18(20)10-9-14(2)12-18/h3-9H,1,10-13H2,2H3. The number of hydrogen-bond acceptors (Lipinski definition) is 2. The van der Waals surface area contributed by atoms with Crippen LogP contribution in [0.25, 0.3) is 0 Å². The lowest BCUT2D eigenvalue weighted by Gasteiger charge is -2.30. The van der Waals surface area contributed by atoms with Gasteiger partial charge in [-0.25, -0.2) is 4.79 Å². The zero-order valence-electron chi connectivity index (χ0n) is 12.8. The molecule has 1 heterocycles. The molecule has 22 heavy (non-hydrogen) atoms. The number of imide groups is 1. The fourth-order valence-electron chi connectivity index (χ4n) is 3.39. The van der Waals surface area contributed by atoms with Gasteiger partial charge in [-0.3, -0.25) is 9.69 Å². The number of amides is 3. The van der Waals surface area contributed by atoms with Crippen LogP contribution in [0.4, 0.5) is 4.79 Å². The maximum absolute atomic E-state index is 13.0. The van der Waals surface area contributed by atoms with Crippen molar-refractivity contribution < 1.29 is 9.59 Å². The molecule has 114 valence electrons. The lowest BCUT2D eigenvalue weighted by atomic mass is 9.93. The molecule has 0 aromatic heterocycles. The zero-order chi connectivity index (χ0) is 15.7. The largest absolute Gasteiger partial charge is 0.328 e. The molecule has 3 amide bonds. The van der Waals surface area contributed by atoms with Crippen molar-refractivity contribution in [1.29, 1.82) is 0 Å². The molecular formula is C18H20N2O2. The molecule has 1 atom stereocenters. The Kier molecular flexibility index (Phi) is 3.61. The van der Waals surface area contributed by atoms with Gasteiger partial charge in [-0.05, 0) is 18.9 Å². The summed E-state index contributed by atoms with van der Waals surface area (Å²) in [7, 11) is 0. The fourth-order valence-corrected chi connectivity index (χ4v) is 3.39. The minimum atomic E-state index is -0.732. The van der Waals surface area contributed by atoms with Crippen LogP contribution in [0.1, 0.15) is 25.3 Å². The molecule has 0 bridgehead atoms. The Bertz CT molecular complexity index is 650. The minimum absolute atomic E-state index is 0.0868. The van der Waals surface area contributed by atoms with Gasteiger partial charge >= 0.3 is 6.03 Å². The van der Waals surface area contributed by atoms with Gasteiger partial charge < -0.3 is 4.90 Å². The summed E-state index contributed by atoms with van der Waals surface area (Å²) in [5, 5.41) is 0. The predicted octanol–water partition coefficient (Wildman–Crippen LogP) is 3.12. The molecule has 0 N–H and O–H groups in total. The van der Waals surface area contributed by atoms with E-state index in [-0.39, 0.29) is 11.9 Å². The second-order valence-corrected chi connectivity index (χ2v) is 6.02. The van der Waals surface area contributed by atoms with Crippen molar-refractivity contribution in [3.8, 4) is 0 Å². The van der Waals surface area contributed by atoms with E-state index in [1.54, 1.807) is 11.0 Å². The average Bonchev–Trinajstić information content (AvgIpc) is 2.99. The molecule has 1 spiro atoms. The Morgan fingerprint density at radius 1 is 1.27 bits per heavy atom. The topological polar surface area (TPSA) is 40.6 Å². The van der Waals surface area contributed by atoms with E-state index in [0.717, 1.165) is 11.1 Å². The number of carbonyl (C=O) groups is 2. The van der Waals surface area contributed by atoms with Crippen molar-refractivity contribution in [3.63, 3.8) is 0 Å². The van der Waals surface area contributed by atoms with E-state index in [0.29, 0.717) is 25.9 Å². The van der Waals surface area contributed by atoms with Crippen molar-refractivity contribution in [2.75, 3.05) is 6.54 Å². The van der Waals surface area contributed by atoms with Gasteiger partial charge in [-0.2, -0.15) is 0 Å². The van der Waals surface area contributed by atoms with Crippen LogP contribution in [0, 0.1) is 0 Å². The van der Waals surface area contributed by atoms with Gasteiger partial charge in [0.05, 0.1) is 6.54 Å². The number of nitrogens with zero attached hydrogens (tertiary/aromatic N) is 2. The minimum Gasteiger partial charge on any atom is -0.305 e. The Labute approximate surface area is 130 Å². The highest BCUT2D eigenvalue weighted by Gasteiger charge is 2.57. The summed E-state index contributed by atoms with van der Waals surface area (Å²) < 4.78 is 0. The van der Waals surface area contributed by atoms with Crippen LogP contribution >= 0.6 is 0 Å². The Balaban J connectivity index is 1.91. The van der Waals surface area contributed by atoms with E-state index in [1.165, 1.54) is 4.90 Å². The van der Waals surface area contributed by atoms with E-state index >= 15 is 0 Å². The summed E-state index contributed by atoms with van der Waals surface area (Å²) in [6.07, 6.45) is 4.97. The summed E-state index contributed by atoms with van der Waals surface area (Å²) in [6, 6.07) is 9.41. The number of urea groups is 1. The Morgan fingerprint density at radius 2 is 2.00 bits per heavy atom. The maximum Gasteiger partial charge on any atom is 0.328 e. The molecule has 4 nitrogen and oxygen atoms in total. The van der Waals surface area contributed by atoms with Gasteiger partial charge in [0.15, 0.2) is 0 Å². The number of rotatable bonds is 4. The molecule has 1 aliphatic carbocycles. The van der Waals surface area contributed by atoms with Gasteiger partial charge in [-0.15, -0.1) is 6.58 Å². The average molecular weight is 296 g/mol. The third kappa shape index (κ3) is 2.15. The maximum atomic E-state index is 13.0. The van der Waals surface area contributed by atoms with Gasteiger partial charge in [0.25, 0.3) is 5.91 Å². The van der Waals surface area contributed by atoms with Gasteiger partial charge in [0.2, 0.25) is 0 Å². The van der Waals surface area contributed by atoms with Crippen LogP contribution in [0.2, 0.25) is 0 Å². The summed E-state index contributed by atoms with van der Waals surface area (Å²) in [6.45, 7) is 6.46. The van der Waals surface area contributed by atoms with Crippen LogP contribution in [0.15, 0.2) is 54.6 Å². The van der Waals surface area contributed by atoms with E-state index in [9.17, 15) is 9.59 Å². The van der Waals surface area contributed by atoms with Crippen molar-refractivity contribution in [2.24, 2.45) is 0 Å². The molecule has 0 radical (unpaired) electrons. The van der Waals surface area contributed by atoms with Crippen LogP contribution in [-0.2, 0) is 11.3 Å². The van der Waals surface area contributed by atoms with E-state index in [1.807, 2.05) is 37.3 Å². The molecule has 3 rings (SSSR count). The van der Waals surface area contributed by atoms with Crippen LogP contribution < -0.4 is 0 Å². The third-order valence-corrected chi connectivity index (χ3v) is 4.48. The molecule has 1 saturated heterocycles. The number of hydrogen-bond donors (Lipinski definition) is 0. The number of benzene rings is 1. The third-order valence-electron chi connectivity index (χ3n) is 4.48. The second-order valence-electron chi connectivity index (χ2n) is 6.02. The van der Waals surface area contributed by atoms with Crippen molar-refractivity contribution in [3.05, 3.63) is 60.2 Å². The molecule has 2 aliphatic rings. The smallest absolute Gasteiger partial charge is 0.305 e. The summed E-state index contributed by atoms with van der Waals surface area (Å²) in [5.41, 5.74) is 1.39. The van der Waals surface area contributed by atoms with E-state index in [2.05, 4.69) is 12.7 Å². The summed E-state index contributed by atoms with van der Waals surface area (Å²) >= 11 is 0. The first-order valence-electron chi connectivity index (χ1n) is 7.52. The second kappa shape index (κ2) is 5.44. The van der Waals surface area contributed by atoms with E-state index < -0.39 is 5.54 Å². The van der Waals surface area contributed by atoms with E-state index in [4.69, 9.17) is 0 Å². The van der Waals surface area contributed by atoms with Gasteiger partial charge in [0, 0.05) is 13.0 Å². The predicted molar refractivity (Wildman–Crippen MR) is 85.0 cm³/mol. The summed E-state index contributed by atoms with van der Waals surface area (Å²) in [5.74, 6) is -0.0868. The van der Waals surface area contributed by atoms with Crippen LogP contribution in [0.5, 0.6) is 0 Å². The first-order valence-corrected chi connectivity index (χ1v) is 7.52. The lowest BCUT2D eigenvalue weighted by Crippen LogP contribution is -2.47. The molecule has 1 aliphatic heterocycles. The van der Waals surface area contributed by atoms with Crippen molar-refractivity contribution in [1.82, 2.24) is 9.80 Å². The first kappa shape index (κ1) is 14.6. The molecule has 1 fully saturated rings. The zero-order valence-corrected chi connectivity index (χ0v) is 12.8. The SMILES string of the molecule is C=CCN1C(=O)N(Cc2ccccc2)C(=O)C12CC=C(C)C2. The van der Waals surface area contributed by atoms with Crippen LogP contribution in [-0.4, -0.2) is 33.8 Å². The number of carbonyl (C=O) groups excluding carboxylic acids is 2. The molecule has 4 heteroatoms. The van der Waals surface area contributed by atoms with Crippen molar-refractivity contribution in [2.45, 2.75) is 31.8 Å². The monoisotopic (exact) mass is 296 g/mol. The normalized spacial score (nSPS) is 24.3. The first-order chi connectivity index (χ1) is 10.6. The van der Waals surface area contributed by atoms with Gasteiger partial charge in [0.1, 0.15) is 5.54 Å². The summed E-state index contributed by atoms with van der Waals surface area (Å²) in [4.78, 5) is 28.8. The molecule has 1 aromatic rings. The fraction of sp³-hybridized carbons (Fsp3) is 0.333. The molecular weight excluding hydrogens is 276 g/mol. The molecule has 1 unspecified atom stereocenters. The van der Waals surface area contributed by atoms with Crippen LogP contribution in [0.3, 0.4) is 0 Å². The lowest BCUT2D eigenvalue weighted by molar-refractivity contribution is -0.133. The molecule has 0 saturated carbocycles. The highest BCUT2D eigenvalue weighted by molar-refractivity contribution is 6.07. The van der Waals surface area contributed by atoms with Crippen molar-refractivity contribution >= 4 is 11.9 Å². The highest BCUT2D eigenvalue weighted by Crippen LogP contribution is 2.41. The quantitative estimate of drug-likeness (QED) is 0.632. The highest BCUT2D eigenvalue weighted by atomic mass is 16.2. The Hall–Kier alpha value is -2.36.